The molecule has 0 aromatic heterocycles. The van der Waals surface area contributed by atoms with Crippen LogP contribution in [0.4, 0.5) is 5.69 Å². The molecule has 0 fully saturated rings. The Balaban J connectivity index is 2.07. The number of non-ortho nitro benzene ring substituents is 1. The summed E-state index contributed by atoms with van der Waals surface area (Å²) in [5, 5.41) is 10.5. The minimum Gasteiger partial charge on any atom is -0.273 e. The molecule has 2 rings (SSSR count). The fraction of sp³-hybridized carbons (Fsp3) is 0.0714. The zero-order chi connectivity index (χ0) is 17.0. The van der Waals surface area contributed by atoms with Crippen molar-refractivity contribution in [2.24, 2.45) is 0 Å². The van der Waals surface area contributed by atoms with Crippen LogP contribution in [0, 0.1) is 17.0 Å². The Bertz CT molecular complexity index is 830. The molecule has 2 aromatic rings. The number of nitro benzene ring substituents is 1. The van der Waals surface area contributed by atoms with Gasteiger partial charge in [-0.05, 0) is 31.2 Å². The average Bonchev–Trinajstić information content (AvgIpc) is 2.53. The first kappa shape index (κ1) is 16.6. The van der Waals surface area contributed by atoms with E-state index in [1.54, 1.807) is 24.3 Å². The number of rotatable bonds is 5. The molecule has 23 heavy (non-hydrogen) atoms. The van der Waals surface area contributed by atoms with Gasteiger partial charge in [0.25, 0.3) is 21.6 Å². The normalized spacial score (nSPS) is 11.0. The molecular weight excluding hydrogens is 322 g/mol. The summed E-state index contributed by atoms with van der Waals surface area (Å²) in [6, 6.07) is 10.9. The van der Waals surface area contributed by atoms with Gasteiger partial charge < -0.3 is 0 Å². The molecule has 0 atom stereocenters. The summed E-state index contributed by atoms with van der Waals surface area (Å²) >= 11 is 0. The maximum Gasteiger partial charge on any atom is 0.269 e. The van der Waals surface area contributed by atoms with E-state index in [1.165, 1.54) is 0 Å². The van der Waals surface area contributed by atoms with E-state index in [-0.39, 0.29) is 10.6 Å². The molecule has 0 saturated heterocycles. The molecule has 0 unspecified atom stereocenters. The van der Waals surface area contributed by atoms with Crippen LogP contribution in [0.3, 0.4) is 0 Å². The second kappa shape index (κ2) is 6.55. The van der Waals surface area contributed by atoms with Crippen molar-refractivity contribution in [1.29, 1.82) is 0 Å². The predicted octanol–water partition coefficient (Wildman–Crippen LogP) is 1.53. The van der Waals surface area contributed by atoms with Gasteiger partial charge in [0.2, 0.25) is 0 Å². The third-order valence-corrected chi connectivity index (χ3v) is 4.23. The molecule has 0 bridgehead atoms. The highest BCUT2D eigenvalue weighted by Gasteiger charge is 2.17. The fourth-order valence-corrected chi connectivity index (χ4v) is 2.54. The molecule has 0 aliphatic rings. The molecule has 9 heteroatoms. The van der Waals surface area contributed by atoms with Gasteiger partial charge in [-0.15, -0.1) is 4.83 Å². The lowest BCUT2D eigenvalue weighted by Crippen LogP contribution is -2.41. The van der Waals surface area contributed by atoms with E-state index >= 15 is 0 Å². The number of carbonyl (C=O) groups is 1. The number of amides is 1. The van der Waals surface area contributed by atoms with Crippen LogP contribution in [0.5, 0.6) is 0 Å². The molecule has 0 radical (unpaired) electrons. The van der Waals surface area contributed by atoms with Gasteiger partial charge in [-0.1, -0.05) is 17.7 Å². The number of sulfonamides is 1. The van der Waals surface area contributed by atoms with Crippen LogP contribution in [-0.4, -0.2) is 19.2 Å². The Morgan fingerprint density at radius 3 is 2.13 bits per heavy atom. The largest absolute Gasteiger partial charge is 0.273 e. The zero-order valence-electron chi connectivity index (χ0n) is 12.0. The smallest absolute Gasteiger partial charge is 0.269 e. The van der Waals surface area contributed by atoms with Crippen molar-refractivity contribution in [3.63, 3.8) is 0 Å². The number of nitro groups is 1. The molecule has 2 aromatic carbocycles. The minimum atomic E-state index is -4.02. The van der Waals surface area contributed by atoms with Gasteiger partial charge >= 0.3 is 0 Å². The summed E-state index contributed by atoms with van der Waals surface area (Å²) in [6.45, 7) is 1.86. The summed E-state index contributed by atoms with van der Waals surface area (Å²) in [4.78, 5) is 23.5. The first-order chi connectivity index (χ1) is 10.8. The maximum atomic E-state index is 12.0. The number of benzene rings is 2. The van der Waals surface area contributed by atoms with Crippen molar-refractivity contribution < 1.29 is 18.1 Å². The molecule has 0 spiro atoms. The minimum absolute atomic E-state index is 0.202. The van der Waals surface area contributed by atoms with Gasteiger partial charge in [0.1, 0.15) is 0 Å². The molecule has 2 N–H and O–H groups in total. The van der Waals surface area contributed by atoms with Crippen LogP contribution in [0.1, 0.15) is 15.9 Å². The molecule has 0 aliphatic heterocycles. The number of carbonyl (C=O) groups excluding carboxylic acids is 1. The van der Waals surface area contributed by atoms with Gasteiger partial charge in [-0.2, -0.15) is 0 Å². The molecule has 0 aliphatic carbocycles. The molecule has 0 saturated carbocycles. The van der Waals surface area contributed by atoms with Crippen LogP contribution >= 0.6 is 0 Å². The Hall–Kier alpha value is -2.78. The van der Waals surface area contributed by atoms with E-state index in [2.05, 4.69) is 5.43 Å². The zero-order valence-corrected chi connectivity index (χ0v) is 12.8. The van der Waals surface area contributed by atoms with Crippen LogP contribution in [-0.2, 0) is 10.0 Å². The maximum absolute atomic E-state index is 12.0. The van der Waals surface area contributed by atoms with Crippen molar-refractivity contribution in [3.05, 3.63) is 69.8 Å². The van der Waals surface area contributed by atoms with Gasteiger partial charge in [-0.25, -0.2) is 8.42 Å². The summed E-state index contributed by atoms with van der Waals surface area (Å²) in [7, 11) is -4.02. The second-order valence-electron chi connectivity index (χ2n) is 4.68. The lowest BCUT2D eigenvalue weighted by Gasteiger charge is -2.08. The van der Waals surface area contributed by atoms with E-state index < -0.39 is 20.9 Å². The highest BCUT2D eigenvalue weighted by molar-refractivity contribution is 7.89. The first-order valence-corrected chi connectivity index (χ1v) is 7.91. The van der Waals surface area contributed by atoms with Gasteiger partial charge in [-0.3, -0.25) is 20.3 Å². The van der Waals surface area contributed by atoms with Gasteiger partial charge in [0.15, 0.2) is 0 Å². The summed E-state index contributed by atoms with van der Waals surface area (Å²) in [6.07, 6.45) is 0. The lowest BCUT2D eigenvalue weighted by molar-refractivity contribution is -0.384. The Labute approximate surface area is 132 Å². The Kier molecular flexibility index (Phi) is 4.72. The quantitative estimate of drug-likeness (QED) is 0.634. The number of aryl methyl sites for hydroxylation is 1. The highest BCUT2D eigenvalue weighted by Crippen LogP contribution is 2.15. The fourth-order valence-electron chi connectivity index (χ4n) is 1.70. The van der Waals surface area contributed by atoms with E-state index in [0.717, 1.165) is 29.8 Å². The number of hydrazine groups is 1. The summed E-state index contributed by atoms with van der Waals surface area (Å²) in [5.74, 6) is -0.615. The van der Waals surface area contributed by atoms with Crippen LogP contribution < -0.4 is 10.3 Å². The first-order valence-electron chi connectivity index (χ1n) is 6.43. The molecule has 0 heterocycles. The van der Waals surface area contributed by atoms with Crippen LogP contribution in [0.25, 0.3) is 0 Å². The van der Waals surface area contributed by atoms with Crippen LogP contribution in [0.15, 0.2) is 53.4 Å². The van der Waals surface area contributed by atoms with Crippen LogP contribution in [0.2, 0.25) is 0 Å². The number of nitrogens with zero attached hydrogens (tertiary/aromatic N) is 1. The van der Waals surface area contributed by atoms with E-state index in [1.807, 2.05) is 11.8 Å². The molecule has 1 amide bonds. The van der Waals surface area contributed by atoms with Gasteiger partial charge in [0, 0.05) is 17.7 Å². The van der Waals surface area contributed by atoms with Crippen molar-refractivity contribution >= 4 is 21.6 Å². The average molecular weight is 335 g/mol. The topological polar surface area (TPSA) is 118 Å². The number of nitrogens with one attached hydrogen (secondary N) is 2. The van der Waals surface area contributed by atoms with Crippen molar-refractivity contribution in [3.8, 4) is 0 Å². The van der Waals surface area contributed by atoms with E-state index in [4.69, 9.17) is 0 Å². The molecular formula is C14H13N3O5S. The second-order valence-corrected chi connectivity index (χ2v) is 6.36. The molecule has 8 nitrogen and oxygen atoms in total. The number of hydrogen-bond acceptors (Lipinski definition) is 5. The monoisotopic (exact) mass is 335 g/mol. The molecule has 120 valence electrons. The SMILES string of the molecule is Cc1ccc(C(=O)NNS(=O)(=O)c2ccc([N+](=O)[O-])cc2)cc1. The van der Waals surface area contributed by atoms with Crippen molar-refractivity contribution in [2.45, 2.75) is 11.8 Å². The predicted molar refractivity (Wildman–Crippen MR) is 82.1 cm³/mol. The van der Waals surface area contributed by atoms with Crippen molar-refractivity contribution in [1.82, 2.24) is 10.3 Å². The highest BCUT2D eigenvalue weighted by atomic mass is 32.2. The standard InChI is InChI=1S/C14H13N3O5S/c1-10-2-4-11(5-3-10)14(18)15-16-23(21,22)13-8-6-12(7-9-13)17(19)20/h2-9,16H,1H3,(H,15,18). The third kappa shape index (κ3) is 4.11. The Morgan fingerprint density at radius 2 is 1.61 bits per heavy atom. The third-order valence-electron chi connectivity index (χ3n) is 2.97. The Morgan fingerprint density at radius 1 is 1.04 bits per heavy atom. The number of hydrogen-bond donors (Lipinski definition) is 2. The van der Waals surface area contributed by atoms with E-state index in [0.29, 0.717) is 5.56 Å². The van der Waals surface area contributed by atoms with E-state index in [9.17, 15) is 23.3 Å². The summed E-state index contributed by atoms with van der Waals surface area (Å²) in [5.41, 5.74) is 3.11. The lowest BCUT2D eigenvalue weighted by atomic mass is 10.1. The summed E-state index contributed by atoms with van der Waals surface area (Å²) < 4.78 is 24.0. The van der Waals surface area contributed by atoms with Gasteiger partial charge in [0.05, 0.1) is 9.82 Å². The van der Waals surface area contributed by atoms with Crippen molar-refractivity contribution in [2.75, 3.05) is 0 Å².